The summed E-state index contributed by atoms with van der Waals surface area (Å²) in [4.78, 5) is 10.9. The lowest BCUT2D eigenvalue weighted by atomic mass is 9.94. The monoisotopic (exact) mass is 344 g/mol. The Hall–Kier alpha value is -1.95. The number of anilines is 1. The zero-order valence-corrected chi connectivity index (χ0v) is 13.0. The quantitative estimate of drug-likeness (QED) is 0.710. The van der Waals surface area contributed by atoms with Crippen molar-refractivity contribution in [2.24, 2.45) is 0 Å². The van der Waals surface area contributed by atoms with Crippen LogP contribution in [0.1, 0.15) is 23.7 Å². The Bertz CT molecular complexity index is 799. The van der Waals surface area contributed by atoms with Gasteiger partial charge < -0.3 is 9.42 Å². The van der Waals surface area contributed by atoms with Crippen molar-refractivity contribution in [1.29, 1.82) is 0 Å². The maximum absolute atomic E-state index is 5.23. The van der Waals surface area contributed by atoms with Crippen LogP contribution in [-0.2, 0) is 0 Å². The second-order valence-electron chi connectivity index (χ2n) is 5.19. The van der Waals surface area contributed by atoms with Crippen LogP contribution >= 0.6 is 15.9 Å². The summed E-state index contributed by atoms with van der Waals surface area (Å²) in [7, 11) is 0. The van der Waals surface area contributed by atoms with E-state index in [0.29, 0.717) is 11.8 Å². The fourth-order valence-electron chi connectivity index (χ4n) is 2.79. The summed E-state index contributed by atoms with van der Waals surface area (Å²) in [6, 6.07) is 8.81. The van der Waals surface area contributed by atoms with Gasteiger partial charge in [0.1, 0.15) is 17.5 Å². The molecule has 0 aliphatic carbocycles. The third kappa shape index (κ3) is 2.01. The number of benzene rings is 1. The molecule has 1 aliphatic rings. The van der Waals surface area contributed by atoms with Crippen LogP contribution < -0.4 is 4.90 Å². The number of rotatable bonds is 2. The van der Waals surface area contributed by atoms with Gasteiger partial charge >= 0.3 is 0 Å². The largest absolute Gasteiger partial charge is 0.349 e. The third-order valence-electron chi connectivity index (χ3n) is 3.97. The molecule has 3 aromatic rings. The van der Waals surface area contributed by atoms with Crippen molar-refractivity contribution in [3.05, 3.63) is 46.3 Å². The van der Waals surface area contributed by atoms with Crippen LogP contribution in [0.4, 0.5) is 5.82 Å². The van der Waals surface area contributed by atoms with Crippen LogP contribution in [0.25, 0.3) is 11.1 Å². The molecule has 0 spiro atoms. The Labute approximate surface area is 130 Å². The molecule has 21 heavy (non-hydrogen) atoms. The van der Waals surface area contributed by atoms with Gasteiger partial charge in [0.05, 0.1) is 11.7 Å². The highest BCUT2D eigenvalue weighted by molar-refractivity contribution is 9.10. The second kappa shape index (κ2) is 4.80. The van der Waals surface area contributed by atoms with Gasteiger partial charge in [-0.2, -0.15) is 4.98 Å². The van der Waals surface area contributed by atoms with Crippen molar-refractivity contribution in [3.63, 3.8) is 0 Å². The van der Waals surface area contributed by atoms with Gasteiger partial charge in [-0.3, -0.25) is 0 Å². The number of hydrogen-bond acceptors (Lipinski definition) is 5. The molecule has 1 saturated heterocycles. The van der Waals surface area contributed by atoms with E-state index in [2.05, 4.69) is 60.2 Å². The first-order valence-corrected chi connectivity index (χ1v) is 7.62. The van der Waals surface area contributed by atoms with Crippen LogP contribution in [-0.4, -0.2) is 21.7 Å². The van der Waals surface area contributed by atoms with Crippen molar-refractivity contribution in [2.75, 3.05) is 11.4 Å². The molecule has 0 saturated carbocycles. The van der Waals surface area contributed by atoms with Gasteiger partial charge in [-0.15, -0.1) is 0 Å². The van der Waals surface area contributed by atoms with E-state index >= 15 is 0 Å². The zero-order valence-electron chi connectivity index (χ0n) is 11.5. The van der Waals surface area contributed by atoms with Crippen LogP contribution in [0.3, 0.4) is 0 Å². The van der Waals surface area contributed by atoms with Crippen molar-refractivity contribution in [3.8, 4) is 0 Å². The first-order valence-electron chi connectivity index (χ1n) is 6.83. The van der Waals surface area contributed by atoms with E-state index < -0.39 is 0 Å². The van der Waals surface area contributed by atoms with Gasteiger partial charge in [0.15, 0.2) is 0 Å². The number of hydrogen-bond donors (Lipinski definition) is 0. The van der Waals surface area contributed by atoms with E-state index in [1.807, 2.05) is 6.92 Å². The predicted octanol–water partition coefficient (Wildman–Crippen LogP) is 3.64. The molecular weight excluding hydrogens is 332 g/mol. The highest BCUT2D eigenvalue weighted by Crippen LogP contribution is 2.40. The molecule has 6 heteroatoms. The molecule has 1 atom stereocenters. The number of fused-ring (bicyclic) bond motifs is 1. The summed E-state index contributed by atoms with van der Waals surface area (Å²) in [6.45, 7) is 2.91. The Balaban J connectivity index is 1.75. The maximum Gasteiger partial charge on any atom is 0.263 e. The summed E-state index contributed by atoms with van der Waals surface area (Å²) in [5, 5.41) is 4.91. The summed E-state index contributed by atoms with van der Waals surface area (Å²) in [5.74, 6) is 0.915. The van der Waals surface area contributed by atoms with Crippen LogP contribution in [0.5, 0.6) is 0 Å². The van der Waals surface area contributed by atoms with Crippen LogP contribution in [0.2, 0.25) is 0 Å². The molecule has 0 amide bonds. The van der Waals surface area contributed by atoms with E-state index in [1.54, 1.807) is 6.33 Å². The fraction of sp³-hybridized carbons (Fsp3) is 0.267. The van der Waals surface area contributed by atoms with E-state index in [0.717, 1.165) is 34.3 Å². The standard InChI is InChI=1S/C15H13BrN4O/c1-9-13-14(17-8-18-15(13)21-19-9)20-7-6-12(20)10-2-4-11(16)5-3-10/h2-5,8,12H,6-7H2,1H3. The molecule has 1 aromatic carbocycles. The molecule has 4 rings (SSSR count). The highest BCUT2D eigenvalue weighted by atomic mass is 79.9. The number of aryl methyl sites for hydroxylation is 1. The summed E-state index contributed by atoms with van der Waals surface area (Å²) in [5.41, 5.74) is 2.69. The Morgan fingerprint density at radius 3 is 2.76 bits per heavy atom. The molecule has 5 nitrogen and oxygen atoms in total. The average Bonchev–Trinajstić information content (AvgIpc) is 2.83. The van der Waals surface area contributed by atoms with Crippen molar-refractivity contribution in [2.45, 2.75) is 19.4 Å². The second-order valence-corrected chi connectivity index (χ2v) is 6.11. The van der Waals surface area contributed by atoms with Gasteiger partial charge in [0.25, 0.3) is 5.71 Å². The lowest BCUT2D eigenvalue weighted by Gasteiger charge is -2.42. The van der Waals surface area contributed by atoms with E-state index in [1.165, 1.54) is 5.56 Å². The lowest BCUT2D eigenvalue weighted by Crippen LogP contribution is -2.41. The van der Waals surface area contributed by atoms with Gasteiger partial charge in [-0.05, 0) is 31.0 Å². The molecule has 2 aromatic heterocycles. The molecule has 1 unspecified atom stereocenters. The lowest BCUT2D eigenvalue weighted by molar-refractivity contribution is 0.442. The van der Waals surface area contributed by atoms with Gasteiger partial charge in [-0.1, -0.05) is 33.2 Å². The minimum Gasteiger partial charge on any atom is -0.349 e. The van der Waals surface area contributed by atoms with E-state index in [9.17, 15) is 0 Å². The average molecular weight is 345 g/mol. The molecule has 0 radical (unpaired) electrons. The third-order valence-corrected chi connectivity index (χ3v) is 4.50. The first kappa shape index (κ1) is 12.8. The van der Waals surface area contributed by atoms with E-state index in [-0.39, 0.29) is 0 Å². The van der Waals surface area contributed by atoms with Gasteiger partial charge in [0, 0.05) is 11.0 Å². The summed E-state index contributed by atoms with van der Waals surface area (Å²) < 4.78 is 6.32. The number of aromatic nitrogens is 3. The maximum atomic E-state index is 5.23. The fourth-order valence-corrected chi connectivity index (χ4v) is 3.06. The zero-order chi connectivity index (χ0) is 14.4. The predicted molar refractivity (Wildman–Crippen MR) is 83.2 cm³/mol. The Morgan fingerprint density at radius 1 is 1.24 bits per heavy atom. The smallest absolute Gasteiger partial charge is 0.263 e. The van der Waals surface area contributed by atoms with Crippen molar-refractivity contribution in [1.82, 2.24) is 15.1 Å². The van der Waals surface area contributed by atoms with Crippen molar-refractivity contribution >= 4 is 32.8 Å². The van der Waals surface area contributed by atoms with E-state index in [4.69, 9.17) is 4.52 Å². The minimum atomic E-state index is 0.352. The molecular formula is C15H13BrN4O. The molecule has 106 valence electrons. The van der Waals surface area contributed by atoms with Crippen LogP contribution in [0.15, 0.2) is 39.6 Å². The normalized spacial score (nSPS) is 18.0. The summed E-state index contributed by atoms with van der Waals surface area (Å²) in [6.07, 6.45) is 2.66. The molecule has 3 heterocycles. The Morgan fingerprint density at radius 2 is 2.05 bits per heavy atom. The van der Waals surface area contributed by atoms with Crippen molar-refractivity contribution < 1.29 is 4.52 Å². The van der Waals surface area contributed by atoms with Gasteiger partial charge in [-0.25, -0.2) is 4.98 Å². The number of halogens is 1. The molecule has 1 fully saturated rings. The highest BCUT2D eigenvalue weighted by Gasteiger charge is 2.32. The first-order chi connectivity index (χ1) is 10.2. The molecule has 0 N–H and O–H groups in total. The van der Waals surface area contributed by atoms with Gasteiger partial charge in [0.2, 0.25) is 0 Å². The topological polar surface area (TPSA) is 55.1 Å². The number of nitrogens with zero attached hydrogens (tertiary/aromatic N) is 4. The molecule has 0 bridgehead atoms. The Kier molecular flexibility index (Phi) is 2.92. The minimum absolute atomic E-state index is 0.352. The molecule has 1 aliphatic heterocycles. The SMILES string of the molecule is Cc1noc2ncnc(N3CCC3c3ccc(Br)cc3)c12. The summed E-state index contributed by atoms with van der Waals surface area (Å²) >= 11 is 3.48. The van der Waals surface area contributed by atoms with Crippen LogP contribution in [0, 0.1) is 6.92 Å².